The Morgan fingerprint density at radius 2 is 1.96 bits per heavy atom. The van der Waals surface area contributed by atoms with Crippen molar-refractivity contribution in [2.24, 2.45) is 0 Å². The van der Waals surface area contributed by atoms with Gasteiger partial charge in [0.2, 0.25) is 0 Å². The number of carbonyl (C=O) groups excluding carboxylic acids is 1. The third kappa shape index (κ3) is 2.85. The van der Waals surface area contributed by atoms with E-state index < -0.39 is 17.5 Å². The van der Waals surface area contributed by atoms with Crippen molar-refractivity contribution in [3.63, 3.8) is 0 Å². The molecule has 26 heavy (non-hydrogen) atoms. The summed E-state index contributed by atoms with van der Waals surface area (Å²) in [5, 5.41) is 2.85. The number of hydrogen-bond donors (Lipinski definition) is 1. The number of aryl methyl sites for hydroxylation is 1. The average molecular weight is 355 g/mol. The Hall–Kier alpha value is -3.09. The molecule has 5 nitrogen and oxygen atoms in total. The van der Waals surface area contributed by atoms with Crippen molar-refractivity contribution in [3.8, 4) is 0 Å². The second kappa shape index (κ2) is 6.33. The minimum Gasteiger partial charge on any atom is -0.319 e. The van der Waals surface area contributed by atoms with Crippen molar-refractivity contribution in [2.75, 3.05) is 5.32 Å². The van der Waals surface area contributed by atoms with Gasteiger partial charge in [0.05, 0.1) is 16.6 Å². The number of benzene rings is 2. The lowest BCUT2D eigenvalue weighted by atomic mass is 10.1. The number of carbonyl (C=O) groups is 1. The molecule has 1 aromatic heterocycles. The monoisotopic (exact) mass is 355 g/mol. The molecule has 132 valence electrons. The van der Waals surface area contributed by atoms with E-state index in [4.69, 9.17) is 0 Å². The highest BCUT2D eigenvalue weighted by atomic mass is 19.1. The van der Waals surface area contributed by atoms with E-state index in [0.717, 1.165) is 37.2 Å². The van der Waals surface area contributed by atoms with Crippen LogP contribution in [-0.2, 0) is 13.0 Å². The first-order valence-corrected chi connectivity index (χ1v) is 8.33. The van der Waals surface area contributed by atoms with Gasteiger partial charge in [0.25, 0.3) is 11.5 Å². The molecule has 0 bridgehead atoms. The lowest BCUT2D eigenvalue weighted by molar-refractivity contribution is 0.102. The van der Waals surface area contributed by atoms with Gasteiger partial charge in [0, 0.05) is 24.6 Å². The average Bonchev–Trinajstić information content (AvgIpc) is 2.64. The van der Waals surface area contributed by atoms with E-state index in [1.807, 2.05) is 0 Å². The molecule has 0 unspecified atom stereocenters. The van der Waals surface area contributed by atoms with Crippen LogP contribution in [-0.4, -0.2) is 15.5 Å². The Labute approximate surface area is 147 Å². The van der Waals surface area contributed by atoms with Gasteiger partial charge in [-0.25, -0.2) is 13.8 Å². The molecule has 0 atom stereocenters. The van der Waals surface area contributed by atoms with E-state index in [0.29, 0.717) is 23.5 Å². The molecule has 1 amide bonds. The smallest absolute Gasteiger partial charge is 0.261 e. The van der Waals surface area contributed by atoms with E-state index in [2.05, 4.69) is 10.3 Å². The standard InChI is InChI=1S/C19H15F2N3O2/c20-12-5-7-15(14(21)10-12)23-18(25)11-4-6-13-16(9-11)22-17-3-1-2-8-24(17)19(13)26/h4-7,9-10H,1-3,8H2,(H,23,25). The Morgan fingerprint density at radius 3 is 2.77 bits per heavy atom. The van der Waals surface area contributed by atoms with Crippen molar-refractivity contribution in [1.82, 2.24) is 9.55 Å². The van der Waals surface area contributed by atoms with Crippen LogP contribution in [0.4, 0.5) is 14.5 Å². The molecule has 3 aromatic rings. The first-order chi connectivity index (χ1) is 12.5. The van der Waals surface area contributed by atoms with E-state index >= 15 is 0 Å². The number of halogens is 2. The molecule has 4 rings (SSSR count). The van der Waals surface area contributed by atoms with Crippen molar-refractivity contribution in [1.29, 1.82) is 0 Å². The molecule has 2 heterocycles. The summed E-state index contributed by atoms with van der Waals surface area (Å²) in [6.45, 7) is 0.656. The molecule has 1 aliphatic rings. The van der Waals surface area contributed by atoms with Crippen LogP contribution in [0.5, 0.6) is 0 Å². The quantitative estimate of drug-likeness (QED) is 0.767. The molecule has 1 N–H and O–H groups in total. The molecule has 0 fully saturated rings. The van der Waals surface area contributed by atoms with Crippen LogP contribution in [0.25, 0.3) is 10.9 Å². The van der Waals surface area contributed by atoms with Crippen LogP contribution in [0.1, 0.15) is 29.0 Å². The molecule has 0 aliphatic carbocycles. The maximum absolute atomic E-state index is 13.7. The van der Waals surface area contributed by atoms with Gasteiger partial charge >= 0.3 is 0 Å². The number of aromatic nitrogens is 2. The lowest BCUT2D eigenvalue weighted by Gasteiger charge is -2.17. The minimum absolute atomic E-state index is 0.110. The zero-order chi connectivity index (χ0) is 18.3. The number of fused-ring (bicyclic) bond motifs is 2. The number of hydrogen-bond acceptors (Lipinski definition) is 3. The predicted octanol–water partition coefficient (Wildman–Crippen LogP) is 3.26. The van der Waals surface area contributed by atoms with Gasteiger partial charge in [0.1, 0.15) is 17.5 Å². The molecular formula is C19H15F2N3O2. The summed E-state index contributed by atoms with van der Waals surface area (Å²) in [7, 11) is 0. The Kier molecular flexibility index (Phi) is 3.99. The Bertz CT molecular complexity index is 1090. The highest BCUT2D eigenvalue weighted by Gasteiger charge is 2.16. The van der Waals surface area contributed by atoms with Gasteiger partial charge < -0.3 is 5.32 Å². The van der Waals surface area contributed by atoms with E-state index in [1.54, 1.807) is 10.6 Å². The summed E-state index contributed by atoms with van der Waals surface area (Å²) < 4.78 is 28.4. The lowest BCUT2D eigenvalue weighted by Crippen LogP contribution is -2.28. The third-order valence-electron chi connectivity index (χ3n) is 4.51. The number of rotatable bonds is 2. The molecule has 0 spiro atoms. The summed E-state index contributed by atoms with van der Waals surface area (Å²) >= 11 is 0. The van der Waals surface area contributed by atoms with Crippen LogP contribution in [0, 0.1) is 11.6 Å². The van der Waals surface area contributed by atoms with Crippen LogP contribution >= 0.6 is 0 Å². The van der Waals surface area contributed by atoms with Gasteiger partial charge in [-0.1, -0.05) is 0 Å². The summed E-state index contributed by atoms with van der Waals surface area (Å²) in [4.78, 5) is 29.5. The molecule has 2 aromatic carbocycles. The normalized spacial score (nSPS) is 13.5. The van der Waals surface area contributed by atoms with Gasteiger partial charge in [-0.05, 0) is 43.2 Å². The number of nitrogens with one attached hydrogen (secondary N) is 1. The summed E-state index contributed by atoms with van der Waals surface area (Å²) in [5.41, 5.74) is 0.459. The fraction of sp³-hybridized carbons (Fsp3) is 0.211. The number of amides is 1. The predicted molar refractivity (Wildman–Crippen MR) is 93.3 cm³/mol. The van der Waals surface area contributed by atoms with Crippen LogP contribution in [0.2, 0.25) is 0 Å². The molecule has 0 saturated carbocycles. The highest BCUT2D eigenvalue weighted by molar-refractivity contribution is 6.06. The Morgan fingerprint density at radius 1 is 1.12 bits per heavy atom. The van der Waals surface area contributed by atoms with E-state index in [9.17, 15) is 18.4 Å². The molecule has 1 aliphatic heterocycles. The largest absolute Gasteiger partial charge is 0.319 e. The SMILES string of the molecule is O=C(Nc1ccc(F)cc1F)c1ccc2c(=O)n3c(nc2c1)CCCC3. The van der Waals surface area contributed by atoms with E-state index in [-0.39, 0.29) is 16.8 Å². The van der Waals surface area contributed by atoms with Crippen LogP contribution in [0.3, 0.4) is 0 Å². The highest BCUT2D eigenvalue weighted by Crippen LogP contribution is 2.19. The molecule has 0 radical (unpaired) electrons. The Balaban J connectivity index is 1.70. The zero-order valence-electron chi connectivity index (χ0n) is 13.8. The van der Waals surface area contributed by atoms with Gasteiger partial charge in [-0.3, -0.25) is 14.2 Å². The topological polar surface area (TPSA) is 64.0 Å². The second-order valence-electron chi connectivity index (χ2n) is 6.25. The first kappa shape index (κ1) is 16.4. The van der Waals surface area contributed by atoms with Crippen LogP contribution in [0.15, 0.2) is 41.2 Å². The van der Waals surface area contributed by atoms with Gasteiger partial charge in [-0.2, -0.15) is 0 Å². The van der Waals surface area contributed by atoms with Crippen molar-refractivity contribution >= 4 is 22.5 Å². The summed E-state index contributed by atoms with van der Waals surface area (Å²) in [5.74, 6) is -1.42. The summed E-state index contributed by atoms with van der Waals surface area (Å²) in [6, 6.07) is 7.49. The van der Waals surface area contributed by atoms with Crippen molar-refractivity contribution in [3.05, 3.63) is 69.8 Å². The number of nitrogens with zero attached hydrogens (tertiary/aromatic N) is 2. The number of anilines is 1. The second-order valence-corrected chi connectivity index (χ2v) is 6.25. The fourth-order valence-corrected chi connectivity index (χ4v) is 3.17. The van der Waals surface area contributed by atoms with E-state index in [1.165, 1.54) is 12.1 Å². The molecule has 0 saturated heterocycles. The van der Waals surface area contributed by atoms with Crippen molar-refractivity contribution in [2.45, 2.75) is 25.8 Å². The summed E-state index contributed by atoms with van der Waals surface area (Å²) in [6.07, 6.45) is 2.65. The minimum atomic E-state index is -0.857. The van der Waals surface area contributed by atoms with Gasteiger partial charge in [0.15, 0.2) is 0 Å². The maximum atomic E-state index is 13.7. The van der Waals surface area contributed by atoms with Crippen molar-refractivity contribution < 1.29 is 13.6 Å². The zero-order valence-corrected chi connectivity index (χ0v) is 13.8. The molecular weight excluding hydrogens is 340 g/mol. The van der Waals surface area contributed by atoms with Gasteiger partial charge in [-0.15, -0.1) is 0 Å². The molecule has 7 heteroatoms. The first-order valence-electron chi connectivity index (χ1n) is 8.33. The third-order valence-corrected chi connectivity index (χ3v) is 4.51. The maximum Gasteiger partial charge on any atom is 0.261 e. The van der Waals surface area contributed by atoms with Crippen LogP contribution < -0.4 is 10.9 Å². The fourth-order valence-electron chi connectivity index (χ4n) is 3.17.